The van der Waals surface area contributed by atoms with Crippen molar-refractivity contribution in [2.24, 2.45) is 5.73 Å². The molecular formula is C9H12N2O2. The fourth-order valence-corrected chi connectivity index (χ4v) is 1.19. The van der Waals surface area contributed by atoms with Crippen molar-refractivity contribution >= 4 is 5.69 Å². The fourth-order valence-electron chi connectivity index (χ4n) is 1.19. The molecule has 0 heterocycles. The van der Waals surface area contributed by atoms with Gasteiger partial charge in [-0.25, -0.2) is 0 Å². The van der Waals surface area contributed by atoms with Gasteiger partial charge in [-0.15, -0.1) is 0 Å². The molecule has 0 fully saturated rings. The van der Waals surface area contributed by atoms with Crippen LogP contribution in [0, 0.1) is 10.1 Å². The van der Waals surface area contributed by atoms with E-state index in [4.69, 9.17) is 5.73 Å². The standard InChI is InChI=1S/C9H12N2O2/c1-2-8(10)7-5-3-4-6-9(7)11(12)13/h3-6,8H,2,10H2,1H3. The van der Waals surface area contributed by atoms with Crippen LogP contribution in [0.3, 0.4) is 0 Å². The summed E-state index contributed by atoms with van der Waals surface area (Å²) in [5.41, 5.74) is 6.44. The zero-order valence-electron chi connectivity index (χ0n) is 7.43. The van der Waals surface area contributed by atoms with Crippen molar-refractivity contribution in [3.63, 3.8) is 0 Å². The van der Waals surface area contributed by atoms with E-state index in [1.54, 1.807) is 18.2 Å². The molecule has 0 aliphatic heterocycles. The highest BCUT2D eigenvalue weighted by Gasteiger charge is 2.16. The minimum atomic E-state index is -0.398. The average Bonchev–Trinajstić information content (AvgIpc) is 2.16. The molecule has 0 aliphatic carbocycles. The lowest BCUT2D eigenvalue weighted by molar-refractivity contribution is -0.385. The molecule has 1 unspecified atom stereocenters. The zero-order chi connectivity index (χ0) is 9.84. The lowest BCUT2D eigenvalue weighted by Gasteiger charge is -2.08. The van der Waals surface area contributed by atoms with E-state index in [0.717, 1.165) is 0 Å². The van der Waals surface area contributed by atoms with E-state index in [9.17, 15) is 10.1 Å². The Balaban J connectivity index is 3.11. The highest BCUT2D eigenvalue weighted by atomic mass is 16.6. The van der Waals surface area contributed by atoms with Gasteiger partial charge in [0.15, 0.2) is 0 Å². The van der Waals surface area contributed by atoms with Gasteiger partial charge in [0.2, 0.25) is 0 Å². The summed E-state index contributed by atoms with van der Waals surface area (Å²) in [6.07, 6.45) is 0.699. The van der Waals surface area contributed by atoms with Gasteiger partial charge in [-0.1, -0.05) is 25.1 Å². The van der Waals surface area contributed by atoms with Gasteiger partial charge in [0.25, 0.3) is 5.69 Å². The van der Waals surface area contributed by atoms with Gasteiger partial charge in [-0.05, 0) is 6.42 Å². The first kappa shape index (κ1) is 9.67. The second kappa shape index (κ2) is 4.00. The van der Waals surface area contributed by atoms with E-state index in [0.29, 0.717) is 12.0 Å². The van der Waals surface area contributed by atoms with Gasteiger partial charge in [-0.3, -0.25) is 10.1 Å². The first-order chi connectivity index (χ1) is 6.16. The van der Waals surface area contributed by atoms with E-state index >= 15 is 0 Å². The first-order valence-electron chi connectivity index (χ1n) is 4.15. The Morgan fingerprint density at radius 3 is 2.69 bits per heavy atom. The second-order valence-corrected chi connectivity index (χ2v) is 2.83. The first-order valence-corrected chi connectivity index (χ1v) is 4.15. The van der Waals surface area contributed by atoms with Gasteiger partial charge in [0, 0.05) is 17.7 Å². The minimum absolute atomic E-state index is 0.108. The molecule has 0 saturated heterocycles. The average molecular weight is 180 g/mol. The molecule has 1 atom stereocenters. The molecular weight excluding hydrogens is 168 g/mol. The van der Waals surface area contributed by atoms with Crippen LogP contribution in [0.15, 0.2) is 24.3 Å². The van der Waals surface area contributed by atoms with Crippen LogP contribution in [0.25, 0.3) is 0 Å². The number of hydrogen-bond acceptors (Lipinski definition) is 3. The van der Waals surface area contributed by atoms with Crippen molar-refractivity contribution in [1.82, 2.24) is 0 Å². The molecule has 1 aromatic carbocycles. The highest BCUT2D eigenvalue weighted by Crippen LogP contribution is 2.24. The van der Waals surface area contributed by atoms with Crippen LogP contribution in [-0.4, -0.2) is 4.92 Å². The Kier molecular flexibility index (Phi) is 2.97. The van der Waals surface area contributed by atoms with Crippen LogP contribution < -0.4 is 5.73 Å². The van der Waals surface area contributed by atoms with Crippen molar-refractivity contribution in [2.45, 2.75) is 19.4 Å². The normalized spacial score (nSPS) is 12.5. The van der Waals surface area contributed by atoms with Crippen LogP contribution in [0.1, 0.15) is 24.9 Å². The third kappa shape index (κ3) is 2.03. The summed E-state index contributed by atoms with van der Waals surface area (Å²) in [6.45, 7) is 1.90. The number of nitrogens with zero attached hydrogens (tertiary/aromatic N) is 1. The number of hydrogen-bond donors (Lipinski definition) is 1. The summed E-state index contributed by atoms with van der Waals surface area (Å²) < 4.78 is 0. The topological polar surface area (TPSA) is 69.2 Å². The second-order valence-electron chi connectivity index (χ2n) is 2.83. The lowest BCUT2D eigenvalue weighted by Crippen LogP contribution is -2.10. The van der Waals surface area contributed by atoms with Gasteiger partial charge in [0.05, 0.1) is 4.92 Å². The van der Waals surface area contributed by atoms with Crippen LogP contribution in [-0.2, 0) is 0 Å². The van der Waals surface area contributed by atoms with E-state index in [1.807, 2.05) is 6.92 Å². The summed E-state index contributed by atoms with van der Waals surface area (Å²) in [4.78, 5) is 10.2. The van der Waals surface area contributed by atoms with Crippen molar-refractivity contribution in [2.75, 3.05) is 0 Å². The summed E-state index contributed by atoms with van der Waals surface area (Å²) in [5.74, 6) is 0. The molecule has 0 aliphatic rings. The van der Waals surface area contributed by atoms with E-state index in [-0.39, 0.29) is 11.7 Å². The summed E-state index contributed by atoms with van der Waals surface area (Å²) >= 11 is 0. The van der Waals surface area contributed by atoms with E-state index in [1.165, 1.54) is 6.07 Å². The van der Waals surface area contributed by atoms with Crippen molar-refractivity contribution < 1.29 is 4.92 Å². The van der Waals surface area contributed by atoms with Gasteiger partial charge >= 0.3 is 0 Å². The third-order valence-electron chi connectivity index (χ3n) is 1.97. The molecule has 4 nitrogen and oxygen atoms in total. The number of rotatable bonds is 3. The molecule has 70 valence electrons. The number of nitrogens with two attached hydrogens (primary N) is 1. The summed E-state index contributed by atoms with van der Waals surface area (Å²) in [5, 5.41) is 10.6. The Morgan fingerprint density at radius 1 is 1.54 bits per heavy atom. The SMILES string of the molecule is CCC(N)c1ccccc1[N+](=O)[O-]. The molecule has 1 aromatic rings. The molecule has 0 bridgehead atoms. The largest absolute Gasteiger partial charge is 0.324 e. The Labute approximate surface area is 76.5 Å². The van der Waals surface area contributed by atoms with Crippen molar-refractivity contribution in [3.05, 3.63) is 39.9 Å². The Hall–Kier alpha value is -1.42. The maximum Gasteiger partial charge on any atom is 0.274 e. The zero-order valence-corrected chi connectivity index (χ0v) is 7.43. The summed E-state index contributed by atoms with van der Waals surface area (Å²) in [7, 11) is 0. The van der Waals surface area contributed by atoms with Gasteiger partial charge < -0.3 is 5.73 Å². The van der Waals surface area contributed by atoms with Crippen LogP contribution in [0.4, 0.5) is 5.69 Å². The quantitative estimate of drug-likeness (QED) is 0.571. The monoisotopic (exact) mass is 180 g/mol. The summed E-state index contributed by atoms with van der Waals surface area (Å²) in [6, 6.07) is 6.33. The molecule has 0 amide bonds. The Bertz CT molecular complexity index is 312. The molecule has 1 rings (SSSR count). The van der Waals surface area contributed by atoms with Gasteiger partial charge in [-0.2, -0.15) is 0 Å². The molecule has 0 saturated carbocycles. The van der Waals surface area contributed by atoms with Crippen molar-refractivity contribution in [3.8, 4) is 0 Å². The molecule has 0 radical (unpaired) electrons. The number of para-hydroxylation sites is 1. The van der Waals surface area contributed by atoms with E-state index in [2.05, 4.69) is 0 Å². The van der Waals surface area contributed by atoms with Crippen molar-refractivity contribution in [1.29, 1.82) is 0 Å². The molecule has 0 aromatic heterocycles. The number of nitro groups is 1. The predicted molar refractivity (Wildman–Crippen MR) is 50.3 cm³/mol. The Morgan fingerprint density at radius 2 is 2.15 bits per heavy atom. The van der Waals surface area contributed by atoms with Crippen LogP contribution >= 0.6 is 0 Å². The molecule has 2 N–H and O–H groups in total. The fraction of sp³-hybridized carbons (Fsp3) is 0.333. The third-order valence-corrected chi connectivity index (χ3v) is 1.97. The number of nitro benzene ring substituents is 1. The maximum absolute atomic E-state index is 10.6. The van der Waals surface area contributed by atoms with E-state index < -0.39 is 4.92 Å². The van der Waals surface area contributed by atoms with Gasteiger partial charge in [0.1, 0.15) is 0 Å². The molecule has 13 heavy (non-hydrogen) atoms. The lowest BCUT2D eigenvalue weighted by atomic mass is 10.0. The highest BCUT2D eigenvalue weighted by molar-refractivity contribution is 5.41. The minimum Gasteiger partial charge on any atom is -0.324 e. The smallest absolute Gasteiger partial charge is 0.274 e. The van der Waals surface area contributed by atoms with Crippen LogP contribution in [0.5, 0.6) is 0 Å². The predicted octanol–water partition coefficient (Wildman–Crippen LogP) is 2.00. The maximum atomic E-state index is 10.6. The van der Waals surface area contributed by atoms with Crippen LogP contribution in [0.2, 0.25) is 0 Å². The molecule has 4 heteroatoms. The number of benzene rings is 1. The molecule has 0 spiro atoms.